The van der Waals surface area contributed by atoms with Crippen molar-refractivity contribution in [3.63, 3.8) is 0 Å². The lowest BCUT2D eigenvalue weighted by Gasteiger charge is -2.40. The van der Waals surface area contributed by atoms with Gasteiger partial charge in [-0.15, -0.1) is 0 Å². The van der Waals surface area contributed by atoms with Crippen LogP contribution in [-0.4, -0.2) is 121 Å². The van der Waals surface area contributed by atoms with Crippen molar-refractivity contribution in [1.82, 2.24) is 19.6 Å². The molecule has 0 bridgehead atoms. The maximum atomic E-state index is 11.6. The normalized spacial score (nSPS) is 30.2. The minimum Gasteiger partial charge on any atom is -0.389 e. The highest BCUT2D eigenvalue weighted by Crippen LogP contribution is 2.37. The lowest BCUT2D eigenvalue weighted by molar-refractivity contribution is -0.0408. The Balaban J connectivity index is 0.000000188. The van der Waals surface area contributed by atoms with Crippen molar-refractivity contribution in [3.05, 3.63) is 70.2 Å². The van der Waals surface area contributed by atoms with Gasteiger partial charge in [0.2, 0.25) is 0 Å². The van der Waals surface area contributed by atoms with Crippen LogP contribution in [-0.2, 0) is 12.8 Å². The van der Waals surface area contributed by atoms with E-state index in [9.17, 15) is 10.2 Å². The molecule has 2 N–H and O–H groups in total. The first-order valence-electron chi connectivity index (χ1n) is 19.2. The Kier molecular flexibility index (Phi) is 14.2. The van der Waals surface area contributed by atoms with E-state index in [2.05, 4.69) is 77.0 Å². The smallest absolute Gasteiger partial charge is 0.0728 e. The molecule has 0 aromatic heterocycles. The molecule has 2 saturated heterocycles. The highest BCUT2D eigenvalue weighted by atomic mass is 35.5. The number of hydrogen-bond donors (Lipinski definition) is 2. The molecule has 0 radical (unpaired) electrons. The molecule has 2 aromatic rings. The van der Waals surface area contributed by atoms with Crippen LogP contribution in [0.4, 0.5) is 0 Å². The summed E-state index contributed by atoms with van der Waals surface area (Å²) in [6.07, 6.45) is 13.1. The largest absolute Gasteiger partial charge is 0.389 e. The second-order valence-electron chi connectivity index (χ2n) is 16.0. The molecule has 2 heterocycles. The van der Waals surface area contributed by atoms with Crippen LogP contribution in [0.3, 0.4) is 0 Å². The minimum atomic E-state index is -0.576. The number of likely N-dealkylation sites (N-methyl/N-ethyl adjacent to an activating group) is 2. The van der Waals surface area contributed by atoms with Gasteiger partial charge < -0.3 is 29.8 Å². The number of piperazine rings is 2. The molecule has 48 heavy (non-hydrogen) atoms. The van der Waals surface area contributed by atoms with Gasteiger partial charge in [0, 0.05) is 95.1 Å². The molecule has 6 nitrogen and oxygen atoms in total. The molecule has 2 aromatic carbocycles. The standard InChI is InChI=1S/C21H34N2O.C20H31ClN2O/c1-18-7-6-8-19(15-18)16-21(24)10-5-3-4-9-20(21)17-23-13-11-22(2)12-14-23;1-22-11-13-23(14-12-22)16-18-5-3-2-4-10-20(18,24)15-17-6-8-19(21)9-7-17/h6-8,15,20,24H,3-5,9-14,16-17H2,1-2H3;6-9,18,24H,2-5,10-16H2,1H3. The Morgan fingerprint density at radius 3 is 1.58 bits per heavy atom. The zero-order valence-electron chi connectivity index (χ0n) is 30.4. The summed E-state index contributed by atoms with van der Waals surface area (Å²) in [6.45, 7) is 13.4. The minimum absolute atomic E-state index is 0.374. The Labute approximate surface area is 297 Å². The van der Waals surface area contributed by atoms with Crippen LogP contribution in [0.25, 0.3) is 0 Å². The molecule has 268 valence electrons. The monoisotopic (exact) mass is 680 g/mol. The van der Waals surface area contributed by atoms with Crippen LogP contribution in [0.2, 0.25) is 5.02 Å². The molecule has 4 aliphatic rings. The highest BCUT2D eigenvalue weighted by Gasteiger charge is 2.40. The van der Waals surface area contributed by atoms with Gasteiger partial charge in [-0.1, -0.05) is 92.1 Å². The van der Waals surface area contributed by atoms with Crippen molar-refractivity contribution in [1.29, 1.82) is 0 Å². The fourth-order valence-electron chi connectivity index (χ4n) is 8.75. The maximum absolute atomic E-state index is 11.6. The van der Waals surface area contributed by atoms with E-state index in [0.29, 0.717) is 11.8 Å². The molecule has 2 saturated carbocycles. The van der Waals surface area contributed by atoms with E-state index in [-0.39, 0.29) is 0 Å². The Morgan fingerprint density at radius 1 is 0.625 bits per heavy atom. The third-order valence-corrected chi connectivity index (χ3v) is 12.3. The number of hydrogen-bond acceptors (Lipinski definition) is 6. The molecule has 2 aliphatic heterocycles. The molecule has 4 atom stereocenters. The average Bonchev–Trinajstić information content (AvgIpc) is 3.35. The van der Waals surface area contributed by atoms with Crippen molar-refractivity contribution >= 4 is 11.6 Å². The van der Waals surface area contributed by atoms with E-state index in [0.717, 1.165) is 109 Å². The van der Waals surface area contributed by atoms with Crippen molar-refractivity contribution in [2.75, 3.05) is 79.5 Å². The first-order chi connectivity index (χ1) is 23.1. The average molecular weight is 681 g/mol. The van der Waals surface area contributed by atoms with Crippen molar-refractivity contribution < 1.29 is 10.2 Å². The topological polar surface area (TPSA) is 53.4 Å². The lowest BCUT2D eigenvalue weighted by Crippen LogP contribution is -2.50. The van der Waals surface area contributed by atoms with Gasteiger partial charge in [-0.25, -0.2) is 0 Å². The van der Waals surface area contributed by atoms with Gasteiger partial charge in [-0.05, 0) is 70.0 Å². The summed E-state index contributed by atoms with van der Waals surface area (Å²) in [5.41, 5.74) is 2.68. The maximum Gasteiger partial charge on any atom is 0.0728 e. The molecule has 0 amide bonds. The number of nitrogens with zero attached hydrogens (tertiary/aromatic N) is 4. The lowest BCUT2D eigenvalue weighted by atomic mass is 9.78. The number of halogens is 1. The summed E-state index contributed by atoms with van der Waals surface area (Å²) < 4.78 is 0. The first kappa shape index (κ1) is 37.7. The van der Waals surface area contributed by atoms with Crippen LogP contribution in [0, 0.1) is 18.8 Å². The summed E-state index contributed by atoms with van der Waals surface area (Å²) in [4.78, 5) is 9.94. The van der Waals surface area contributed by atoms with E-state index in [4.69, 9.17) is 11.6 Å². The van der Waals surface area contributed by atoms with Crippen LogP contribution < -0.4 is 0 Å². The van der Waals surface area contributed by atoms with Crippen molar-refractivity contribution in [2.24, 2.45) is 11.8 Å². The van der Waals surface area contributed by atoms with Crippen LogP contribution in [0.15, 0.2) is 48.5 Å². The van der Waals surface area contributed by atoms with Crippen molar-refractivity contribution in [3.8, 4) is 0 Å². The van der Waals surface area contributed by atoms with E-state index < -0.39 is 11.2 Å². The SMILES string of the molecule is CN1CCN(CC2CCCCCC2(O)Cc2ccc(Cl)cc2)CC1.Cc1cccc(CC2(O)CCCCCC2CN2CCN(C)CC2)c1. The number of rotatable bonds is 8. The van der Waals surface area contributed by atoms with E-state index in [1.165, 1.54) is 55.2 Å². The predicted octanol–water partition coefficient (Wildman–Crippen LogP) is 6.54. The summed E-state index contributed by atoms with van der Waals surface area (Å²) in [7, 11) is 4.40. The van der Waals surface area contributed by atoms with Gasteiger partial charge in [0.15, 0.2) is 0 Å². The second-order valence-corrected chi connectivity index (χ2v) is 16.4. The Morgan fingerprint density at radius 2 is 1.10 bits per heavy atom. The summed E-state index contributed by atoms with van der Waals surface area (Å²) in [5, 5.41) is 23.9. The van der Waals surface area contributed by atoms with Gasteiger partial charge in [0.1, 0.15) is 0 Å². The van der Waals surface area contributed by atoms with E-state index in [1.54, 1.807) is 0 Å². The fourth-order valence-corrected chi connectivity index (χ4v) is 8.87. The summed E-state index contributed by atoms with van der Waals surface area (Å²) >= 11 is 6.01. The van der Waals surface area contributed by atoms with Gasteiger partial charge in [-0.2, -0.15) is 0 Å². The van der Waals surface area contributed by atoms with E-state index >= 15 is 0 Å². The van der Waals surface area contributed by atoms with Gasteiger partial charge in [0.25, 0.3) is 0 Å². The molecule has 0 spiro atoms. The quantitative estimate of drug-likeness (QED) is 0.309. The highest BCUT2D eigenvalue weighted by molar-refractivity contribution is 6.30. The van der Waals surface area contributed by atoms with Crippen LogP contribution in [0.5, 0.6) is 0 Å². The third-order valence-electron chi connectivity index (χ3n) is 12.0. The molecule has 6 rings (SSSR count). The molecule has 2 aliphatic carbocycles. The first-order valence-corrected chi connectivity index (χ1v) is 19.5. The zero-order valence-corrected chi connectivity index (χ0v) is 31.1. The Hall–Kier alpha value is -1.51. The van der Waals surface area contributed by atoms with Gasteiger partial charge in [-0.3, -0.25) is 0 Å². The summed E-state index contributed by atoms with van der Waals surface area (Å²) in [5.74, 6) is 0.781. The third kappa shape index (κ3) is 11.2. The predicted molar refractivity (Wildman–Crippen MR) is 201 cm³/mol. The molecule has 7 heteroatoms. The molecule has 4 unspecified atom stereocenters. The molecular weight excluding hydrogens is 616 g/mol. The fraction of sp³-hybridized carbons (Fsp3) is 0.707. The second kappa shape index (κ2) is 18.1. The number of aliphatic hydroxyl groups is 2. The van der Waals surface area contributed by atoms with Crippen molar-refractivity contribution in [2.45, 2.75) is 95.2 Å². The number of aryl methyl sites for hydroxylation is 1. The van der Waals surface area contributed by atoms with Crippen LogP contribution in [0.1, 0.15) is 80.9 Å². The molecular formula is C41H65ClN4O2. The van der Waals surface area contributed by atoms with E-state index in [1.807, 2.05) is 12.1 Å². The summed E-state index contributed by atoms with van der Waals surface area (Å²) in [6, 6.07) is 16.7. The van der Waals surface area contributed by atoms with Crippen LogP contribution >= 0.6 is 11.6 Å². The molecule has 4 fully saturated rings. The van der Waals surface area contributed by atoms with Gasteiger partial charge >= 0.3 is 0 Å². The van der Waals surface area contributed by atoms with Gasteiger partial charge in [0.05, 0.1) is 11.2 Å². The Bertz CT molecular complexity index is 1230. The number of benzene rings is 2. The zero-order chi connectivity index (χ0) is 34.0.